The highest BCUT2D eigenvalue weighted by Crippen LogP contribution is 2.60. The highest BCUT2D eigenvalue weighted by atomic mass is 16.6. The summed E-state index contributed by atoms with van der Waals surface area (Å²) in [5.74, 6) is -0.992. The minimum absolute atomic E-state index is 0.474. The van der Waals surface area contributed by atoms with Crippen LogP contribution in [-0.4, -0.2) is 34.4 Å². The van der Waals surface area contributed by atoms with Crippen LogP contribution in [0.25, 0.3) is 0 Å². The van der Waals surface area contributed by atoms with E-state index in [4.69, 9.17) is 10.5 Å². The van der Waals surface area contributed by atoms with Gasteiger partial charge in [0.15, 0.2) is 0 Å². The second-order valence-corrected chi connectivity index (χ2v) is 7.74. The molecule has 6 nitrogen and oxygen atoms in total. The van der Waals surface area contributed by atoms with Gasteiger partial charge >= 0.3 is 12.1 Å². The van der Waals surface area contributed by atoms with Crippen molar-refractivity contribution in [1.82, 2.24) is 5.32 Å². The first-order valence-corrected chi connectivity index (χ1v) is 8.12. The normalized spacial score (nSPS) is 24.2. The number of alkyl carbamates (subject to hydrolysis) is 1. The zero-order valence-corrected chi connectivity index (χ0v) is 13.8. The van der Waals surface area contributed by atoms with Crippen LogP contribution < -0.4 is 11.1 Å². The lowest BCUT2D eigenvalue weighted by Crippen LogP contribution is -2.63. The molecule has 0 aromatic heterocycles. The summed E-state index contributed by atoms with van der Waals surface area (Å²) in [6.45, 7) is 5.45. The molecule has 2 saturated carbocycles. The Bertz CT molecular complexity index is 446. The first kappa shape index (κ1) is 17.1. The van der Waals surface area contributed by atoms with Crippen molar-refractivity contribution in [3.63, 3.8) is 0 Å². The van der Waals surface area contributed by atoms with Crippen molar-refractivity contribution >= 4 is 12.1 Å². The molecule has 2 aliphatic carbocycles. The minimum atomic E-state index is -0.992. The van der Waals surface area contributed by atoms with E-state index >= 15 is 0 Å². The van der Waals surface area contributed by atoms with Crippen LogP contribution in [0, 0.1) is 5.41 Å². The van der Waals surface area contributed by atoms with Gasteiger partial charge in [-0.25, -0.2) is 4.79 Å². The number of hydrogen-bond acceptors (Lipinski definition) is 4. The van der Waals surface area contributed by atoms with Crippen LogP contribution in [0.1, 0.15) is 65.7 Å². The van der Waals surface area contributed by atoms with Gasteiger partial charge in [0.1, 0.15) is 11.6 Å². The van der Waals surface area contributed by atoms with Gasteiger partial charge in [-0.3, -0.25) is 4.79 Å². The van der Waals surface area contributed by atoms with Crippen molar-refractivity contribution in [2.75, 3.05) is 0 Å². The number of carboxylic acids is 1. The molecule has 1 amide bonds. The second-order valence-electron chi connectivity index (χ2n) is 7.74. The Balaban J connectivity index is 2.22. The van der Waals surface area contributed by atoms with Gasteiger partial charge in [-0.05, 0) is 46.5 Å². The summed E-state index contributed by atoms with van der Waals surface area (Å²) in [5, 5.41) is 12.4. The number of carboxylic acid groups (broad SMARTS) is 1. The van der Waals surface area contributed by atoms with E-state index in [0.717, 1.165) is 44.9 Å². The fraction of sp³-hybridized carbons (Fsp3) is 0.875. The summed E-state index contributed by atoms with van der Waals surface area (Å²) < 4.78 is 5.39. The van der Waals surface area contributed by atoms with Gasteiger partial charge in [0.2, 0.25) is 0 Å². The molecule has 6 heteroatoms. The van der Waals surface area contributed by atoms with Crippen LogP contribution >= 0.6 is 0 Å². The lowest BCUT2D eigenvalue weighted by atomic mass is 9.67. The summed E-state index contributed by atoms with van der Waals surface area (Å²) in [6, 6.07) is -0.944. The van der Waals surface area contributed by atoms with E-state index in [9.17, 15) is 14.7 Å². The van der Waals surface area contributed by atoms with Gasteiger partial charge in [0, 0.05) is 5.41 Å². The average Bonchev–Trinajstić information content (AvgIpc) is 3.18. The van der Waals surface area contributed by atoms with E-state index in [0.29, 0.717) is 0 Å². The van der Waals surface area contributed by atoms with Crippen LogP contribution in [0.15, 0.2) is 0 Å². The maximum atomic E-state index is 12.3. The molecule has 0 radical (unpaired) electrons. The molecule has 0 bridgehead atoms. The lowest BCUT2D eigenvalue weighted by molar-refractivity contribution is -0.141. The predicted octanol–water partition coefficient (Wildman–Crippen LogP) is 2.41. The SMILES string of the molecule is CC(C)(C)OC(=O)NC1(C2(C(N)C(=O)O)CC2)CCCCC1. The number of aliphatic carboxylic acids is 1. The fourth-order valence-corrected chi connectivity index (χ4v) is 3.86. The van der Waals surface area contributed by atoms with E-state index in [1.807, 2.05) is 20.8 Å². The molecule has 1 unspecified atom stereocenters. The quantitative estimate of drug-likeness (QED) is 0.740. The molecule has 2 aliphatic rings. The third-order valence-corrected chi connectivity index (χ3v) is 5.05. The van der Waals surface area contributed by atoms with E-state index in [2.05, 4.69) is 5.32 Å². The molecular weight excluding hydrogens is 284 g/mol. The van der Waals surface area contributed by atoms with Crippen LogP contribution in [0.2, 0.25) is 0 Å². The Kier molecular flexibility index (Phi) is 4.44. The van der Waals surface area contributed by atoms with Gasteiger partial charge in [0.05, 0.1) is 5.54 Å². The molecule has 1 atom stereocenters. The molecule has 0 aliphatic heterocycles. The van der Waals surface area contributed by atoms with E-state index < -0.39 is 34.7 Å². The van der Waals surface area contributed by atoms with Crippen molar-refractivity contribution in [2.45, 2.75) is 82.9 Å². The number of ether oxygens (including phenoxy) is 1. The largest absolute Gasteiger partial charge is 0.480 e. The summed E-state index contributed by atoms with van der Waals surface area (Å²) in [6.07, 6.45) is 5.62. The molecule has 0 saturated heterocycles. The number of nitrogens with one attached hydrogen (secondary N) is 1. The van der Waals surface area contributed by atoms with Crippen molar-refractivity contribution in [2.24, 2.45) is 11.1 Å². The van der Waals surface area contributed by atoms with Gasteiger partial charge in [0.25, 0.3) is 0 Å². The van der Waals surface area contributed by atoms with Crippen molar-refractivity contribution in [3.05, 3.63) is 0 Å². The van der Waals surface area contributed by atoms with Crippen LogP contribution in [0.3, 0.4) is 0 Å². The minimum Gasteiger partial charge on any atom is -0.480 e. The molecule has 2 rings (SSSR count). The topological polar surface area (TPSA) is 102 Å². The van der Waals surface area contributed by atoms with Crippen molar-refractivity contribution in [1.29, 1.82) is 0 Å². The predicted molar refractivity (Wildman–Crippen MR) is 82.5 cm³/mol. The van der Waals surface area contributed by atoms with Crippen LogP contribution in [-0.2, 0) is 9.53 Å². The highest BCUT2D eigenvalue weighted by molar-refractivity contribution is 5.76. The molecule has 0 aromatic rings. The lowest BCUT2D eigenvalue weighted by Gasteiger charge is -2.46. The number of nitrogens with two attached hydrogens (primary N) is 1. The first-order valence-electron chi connectivity index (χ1n) is 8.12. The maximum Gasteiger partial charge on any atom is 0.408 e. The molecule has 0 spiro atoms. The van der Waals surface area contributed by atoms with Gasteiger partial charge in [-0.15, -0.1) is 0 Å². The van der Waals surface area contributed by atoms with Gasteiger partial charge < -0.3 is 20.9 Å². The Morgan fingerprint density at radius 1 is 1.14 bits per heavy atom. The third kappa shape index (κ3) is 3.21. The summed E-state index contributed by atoms with van der Waals surface area (Å²) in [7, 11) is 0. The maximum absolute atomic E-state index is 12.3. The Labute approximate surface area is 131 Å². The average molecular weight is 312 g/mol. The van der Waals surface area contributed by atoms with Gasteiger partial charge in [-0.2, -0.15) is 0 Å². The molecule has 126 valence electrons. The second kappa shape index (κ2) is 5.72. The monoisotopic (exact) mass is 312 g/mol. The summed E-state index contributed by atoms with van der Waals surface area (Å²) in [5.41, 5.74) is 4.32. The number of carbonyl (C=O) groups is 2. The summed E-state index contributed by atoms with van der Waals surface area (Å²) >= 11 is 0. The molecule has 0 aromatic carbocycles. The third-order valence-electron chi connectivity index (χ3n) is 5.05. The zero-order valence-electron chi connectivity index (χ0n) is 13.8. The van der Waals surface area contributed by atoms with E-state index in [-0.39, 0.29) is 0 Å². The fourth-order valence-electron chi connectivity index (χ4n) is 3.86. The van der Waals surface area contributed by atoms with Gasteiger partial charge in [-0.1, -0.05) is 19.3 Å². The number of amides is 1. The molecule has 2 fully saturated rings. The van der Waals surface area contributed by atoms with Crippen LogP contribution in [0.5, 0.6) is 0 Å². The molecule has 4 N–H and O–H groups in total. The summed E-state index contributed by atoms with van der Waals surface area (Å²) in [4.78, 5) is 23.7. The van der Waals surface area contributed by atoms with Crippen LogP contribution in [0.4, 0.5) is 4.79 Å². The van der Waals surface area contributed by atoms with E-state index in [1.54, 1.807) is 0 Å². The molecule has 22 heavy (non-hydrogen) atoms. The Morgan fingerprint density at radius 3 is 2.09 bits per heavy atom. The first-order chi connectivity index (χ1) is 10.1. The Morgan fingerprint density at radius 2 is 1.68 bits per heavy atom. The van der Waals surface area contributed by atoms with Crippen molar-refractivity contribution < 1.29 is 19.4 Å². The van der Waals surface area contributed by atoms with E-state index in [1.165, 1.54) is 0 Å². The Hall–Kier alpha value is -1.30. The number of rotatable bonds is 4. The number of hydrogen-bond donors (Lipinski definition) is 3. The highest BCUT2D eigenvalue weighted by Gasteiger charge is 2.64. The molecular formula is C16H28N2O4. The molecule has 0 heterocycles. The van der Waals surface area contributed by atoms with Crippen molar-refractivity contribution in [3.8, 4) is 0 Å². The number of carbonyl (C=O) groups excluding carboxylic acids is 1. The zero-order chi connectivity index (χ0) is 16.6. The smallest absolute Gasteiger partial charge is 0.408 e. The standard InChI is InChI=1S/C16H28N2O4/c1-14(2,3)22-13(21)18-16(7-5-4-6-8-16)15(9-10-15)11(17)12(19)20/h11H,4-10,17H2,1-3H3,(H,18,21)(H,19,20).